The lowest BCUT2D eigenvalue weighted by atomic mass is 9.95. The van der Waals surface area contributed by atoms with Crippen molar-refractivity contribution in [2.24, 2.45) is 0 Å². The third-order valence-corrected chi connectivity index (χ3v) is 2.09. The molecule has 0 saturated heterocycles. The van der Waals surface area contributed by atoms with Crippen molar-refractivity contribution >= 4 is 5.97 Å². The van der Waals surface area contributed by atoms with E-state index in [1.165, 1.54) is 0 Å². The third-order valence-electron chi connectivity index (χ3n) is 2.09. The molecule has 1 heterocycles. The molecule has 0 spiro atoms. The van der Waals surface area contributed by atoms with Gasteiger partial charge in [0.15, 0.2) is 5.69 Å². The molecule has 1 aromatic rings. The molecule has 0 amide bonds. The molecule has 0 fully saturated rings. The fourth-order valence-electron chi connectivity index (χ4n) is 1.18. The Morgan fingerprint density at radius 1 is 1.44 bits per heavy atom. The zero-order valence-electron chi connectivity index (χ0n) is 9.37. The van der Waals surface area contributed by atoms with E-state index in [-0.39, 0.29) is 11.4 Å². The van der Waals surface area contributed by atoms with Crippen molar-refractivity contribution < 1.29 is 15.0 Å². The van der Waals surface area contributed by atoms with Gasteiger partial charge in [-0.3, -0.25) is 4.79 Å². The first-order valence-corrected chi connectivity index (χ1v) is 4.75. The minimum atomic E-state index is -1.32. The van der Waals surface area contributed by atoms with Gasteiger partial charge in [0.25, 0.3) is 5.56 Å². The SMILES string of the molecule is CC(C)(C)c1nc(C(=O)O)c(CO)c(=O)[nH]1. The van der Waals surface area contributed by atoms with Gasteiger partial charge in [0.1, 0.15) is 5.82 Å². The molecule has 0 saturated carbocycles. The van der Waals surface area contributed by atoms with Gasteiger partial charge in [0, 0.05) is 5.41 Å². The molecule has 0 aromatic carbocycles. The number of aliphatic hydroxyl groups is 1. The van der Waals surface area contributed by atoms with E-state index in [9.17, 15) is 9.59 Å². The maximum atomic E-state index is 11.5. The second-order valence-corrected chi connectivity index (χ2v) is 4.45. The topological polar surface area (TPSA) is 103 Å². The van der Waals surface area contributed by atoms with Crippen LogP contribution in [0.15, 0.2) is 4.79 Å². The molecule has 1 aromatic heterocycles. The molecule has 3 N–H and O–H groups in total. The number of nitrogens with zero attached hydrogens (tertiary/aromatic N) is 1. The third kappa shape index (κ3) is 2.27. The van der Waals surface area contributed by atoms with Gasteiger partial charge >= 0.3 is 5.97 Å². The van der Waals surface area contributed by atoms with E-state index in [1.807, 2.05) is 0 Å². The molecule has 6 nitrogen and oxygen atoms in total. The highest BCUT2D eigenvalue weighted by Crippen LogP contribution is 2.17. The van der Waals surface area contributed by atoms with Crippen LogP contribution in [-0.2, 0) is 12.0 Å². The van der Waals surface area contributed by atoms with Crippen molar-refractivity contribution in [2.75, 3.05) is 0 Å². The van der Waals surface area contributed by atoms with Crippen LogP contribution in [0.2, 0.25) is 0 Å². The summed E-state index contributed by atoms with van der Waals surface area (Å²) in [5.74, 6) is -1.03. The van der Waals surface area contributed by atoms with Gasteiger partial charge in [-0.25, -0.2) is 9.78 Å². The maximum Gasteiger partial charge on any atom is 0.355 e. The van der Waals surface area contributed by atoms with Crippen LogP contribution in [0.25, 0.3) is 0 Å². The molecule has 0 aliphatic heterocycles. The van der Waals surface area contributed by atoms with Crippen LogP contribution in [0.5, 0.6) is 0 Å². The average Bonchev–Trinajstić information content (AvgIpc) is 2.14. The monoisotopic (exact) mass is 226 g/mol. The average molecular weight is 226 g/mol. The number of carbonyl (C=O) groups is 1. The Balaban J connectivity index is 3.53. The largest absolute Gasteiger partial charge is 0.476 e. The number of hydrogen-bond donors (Lipinski definition) is 3. The van der Waals surface area contributed by atoms with E-state index in [0.717, 1.165) is 0 Å². The highest BCUT2D eigenvalue weighted by Gasteiger charge is 2.22. The first-order valence-electron chi connectivity index (χ1n) is 4.75. The summed E-state index contributed by atoms with van der Waals surface area (Å²) in [6.45, 7) is 4.76. The molecule has 1 rings (SSSR count). The molecule has 88 valence electrons. The van der Waals surface area contributed by atoms with Gasteiger partial charge in [0.05, 0.1) is 12.2 Å². The highest BCUT2D eigenvalue weighted by atomic mass is 16.4. The van der Waals surface area contributed by atoms with Crippen LogP contribution in [0.3, 0.4) is 0 Å². The first kappa shape index (κ1) is 12.4. The molecule has 0 aliphatic rings. The zero-order chi connectivity index (χ0) is 12.5. The molecule has 0 aliphatic carbocycles. The molecule has 16 heavy (non-hydrogen) atoms. The van der Waals surface area contributed by atoms with E-state index in [4.69, 9.17) is 10.2 Å². The van der Waals surface area contributed by atoms with Crippen LogP contribution in [0.1, 0.15) is 42.6 Å². The predicted octanol–water partition coefficient (Wildman–Crippen LogP) is 0.258. The predicted molar refractivity (Wildman–Crippen MR) is 56.4 cm³/mol. The van der Waals surface area contributed by atoms with Crippen LogP contribution < -0.4 is 5.56 Å². The van der Waals surface area contributed by atoms with Gasteiger partial charge in [-0.1, -0.05) is 20.8 Å². The quantitative estimate of drug-likeness (QED) is 0.671. The smallest absolute Gasteiger partial charge is 0.355 e. The Labute approximate surface area is 92.0 Å². The summed E-state index contributed by atoms with van der Waals surface area (Å²) in [5.41, 5.74) is -1.69. The number of carboxylic acid groups (broad SMARTS) is 1. The number of aromatic nitrogens is 2. The number of rotatable bonds is 2. The normalized spacial score (nSPS) is 11.5. The van der Waals surface area contributed by atoms with E-state index in [0.29, 0.717) is 0 Å². The van der Waals surface area contributed by atoms with Gasteiger partial charge in [-0.05, 0) is 0 Å². The fraction of sp³-hybridized carbons (Fsp3) is 0.500. The molecule has 0 unspecified atom stereocenters. The van der Waals surface area contributed by atoms with Crippen molar-refractivity contribution in [3.63, 3.8) is 0 Å². The number of hydrogen-bond acceptors (Lipinski definition) is 4. The second kappa shape index (κ2) is 4.05. The van der Waals surface area contributed by atoms with Gasteiger partial charge in [0.2, 0.25) is 0 Å². The van der Waals surface area contributed by atoms with Gasteiger partial charge < -0.3 is 15.2 Å². The summed E-state index contributed by atoms with van der Waals surface area (Å²) >= 11 is 0. The van der Waals surface area contributed by atoms with Crippen molar-refractivity contribution in [1.82, 2.24) is 9.97 Å². The van der Waals surface area contributed by atoms with E-state index in [1.54, 1.807) is 20.8 Å². The van der Waals surface area contributed by atoms with Crippen molar-refractivity contribution in [2.45, 2.75) is 32.8 Å². The van der Waals surface area contributed by atoms with Crippen molar-refractivity contribution in [3.05, 3.63) is 27.4 Å². The van der Waals surface area contributed by atoms with Gasteiger partial charge in [-0.2, -0.15) is 0 Å². The van der Waals surface area contributed by atoms with Gasteiger partial charge in [-0.15, -0.1) is 0 Å². The van der Waals surface area contributed by atoms with E-state index >= 15 is 0 Å². The van der Waals surface area contributed by atoms with Crippen LogP contribution in [-0.4, -0.2) is 26.2 Å². The summed E-state index contributed by atoms with van der Waals surface area (Å²) in [7, 11) is 0. The minimum Gasteiger partial charge on any atom is -0.476 e. The lowest BCUT2D eigenvalue weighted by molar-refractivity contribution is 0.0685. The number of aromatic carboxylic acids is 1. The molecular formula is C10H14N2O4. The second-order valence-electron chi connectivity index (χ2n) is 4.45. The first-order chi connectivity index (χ1) is 7.27. The van der Waals surface area contributed by atoms with Crippen LogP contribution in [0.4, 0.5) is 0 Å². The van der Waals surface area contributed by atoms with Crippen LogP contribution in [0, 0.1) is 0 Å². The minimum absolute atomic E-state index is 0.222. The summed E-state index contributed by atoms with van der Waals surface area (Å²) in [5, 5.41) is 17.8. The number of H-pyrrole nitrogens is 1. The van der Waals surface area contributed by atoms with E-state index in [2.05, 4.69) is 9.97 Å². The Hall–Kier alpha value is -1.69. The van der Waals surface area contributed by atoms with E-state index < -0.39 is 29.2 Å². The molecule has 0 bridgehead atoms. The van der Waals surface area contributed by atoms with Crippen LogP contribution >= 0.6 is 0 Å². The number of carboxylic acids is 1. The summed E-state index contributed by atoms with van der Waals surface area (Å²) < 4.78 is 0. The Bertz CT molecular complexity index is 471. The Kier molecular flexibility index (Phi) is 3.14. The summed E-state index contributed by atoms with van der Waals surface area (Å²) in [6.07, 6.45) is 0. The zero-order valence-corrected chi connectivity index (χ0v) is 9.37. The number of aliphatic hydroxyl groups excluding tert-OH is 1. The fourth-order valence-corrected chi connectivity index (χ4v) is 1.18. The number of nitrogens with one attached hydrogen (secondary N) is 1. The molecule has 0 radical (unpaired) electrons. The summed E-state index contributed by atoms with van der Waals surface area (Å²) in [4.78, 5) is 28.7. The molecule has 6 heteroatoms. The lowest BCUT2D eigenvalue weighted by Gasteiger charge is -2.17. The van der Waals surface area contributed by atoms with Crippen molar-refractivity contribution in [3.8, 4) is 0 Å². The summed E-state index contributed by atoms with van der Waals surface area (Å²) in [6, 6.07) is 0. The lowest BCUT2D eigenvalue weighted by Crippen LogP contribution is -2.28. The molecular weight excluding hydrogens is 212 g/mol. The van der Waals surface area contributed by atoms with Crippen molar-refractivity contribution in [1.29, 1.82) is 0 Å². The molecule has 0 atom stereocenters. The standard InChI is InChI=1S/C10H14N2O4/c1-10(2,3)9-11-6(8(15)16)5(4-13)7(14)12-9/h13H,4H2,1-3H3,(H,15,16)(H,11,12,14). The Morgan fingerprint density at radius 3 is 2.38 bits per heavy atom. The highest BCUT2D eigenvalue weighted by molar-refractivity contribution is 5.86. The Morgan fingerprint density at radius 2 is 2.00 bits per heavy atom. The number of aromatic amines is 1. The maximum absolute atomic E-state index is 11.5.